The van der Waals surface area contributed by atoms with E-state index < -0.39 is 5.91 Å². The summed E-state index contributed by atoms with van der Waals surface area (Å²) >= 11 is 0. The fourth-order valence-electron chi connectivity index (χ4n) is 1.64. The van der Waals surface area contributed by atoms with Crippen LogP contribution in [0, 0.1) is 0 Å². The molecule has 0 aromatic carbocycles. The van der Waals surface area contributed by atoms with E-state index in [4.69, 9.17) is 15.0 Å². The van der Waals surface area contributed by atoms with Crippen molar-refractivity contribution in [2.24, 2.45) is 5.84 Å². The van der Waals surface area contributed by atoms with Gasteiger partial charge in [0.2, 0.25) is 0 Å². The number of hydrogen-bond donors (Lipinski definition) is 2. The van der Waals surface area contributed by atoms with Crippen molar-refractivity contribution < 1.29 is 13.9 Å². The van der Waals surface area contributed by atoms with Gasteiger partial charge in [-0.25, -0.2) is 5.84 Å². The summed E-state index contributed by atoms with van der Waals surface area (Å²) in [5.74, 6) is 5.61. The van der Waals surface area contributed by atoms with Crippen molar-refractivity contribution in [2.75, 3.05) is 26.3 Å². The molecule has 0 saturated carbocycles. The van der Waals surface area contributed by atoms with E-state index in [1.54, 1.807) is 12.1 Å². The number of nitrogens with zero attached hydrogens (tertiary/aromatic N) is 1. The Labute approximate surface area is 93.3 Å². The summed E-state index contributed by atoms with van der Waals surface area (Å²) in [4.78, 5) is 13.4. The molecule has 1 aliphatic rings. The molecule has 1 fully saturated rings. The number of nitrogen functional groups attached to an aromatic ring is 1. The Morgan fingerprint density at radius 2 is 2.19 bits per heavy atom. The lowest BCUT2D eigenvalue weighted by atomic mass is 10.3. The van der Waals surface area contributed by atoms with Crippen LogP contribution in [0.5, 0.6) is 0 Å². The summed E-state index contributed by atoms with van der Waals surface area (Å²) < 4.78 is 10.6. The Bertz CT molecular complexity index is 358. The van der Waals surface area contributed by atoms with Gasteiger partial charge in [0.1, 0.15) is 5.76 Å². The minimum atomic E-state index is -0.409. The van der Waals surface area contributed by atoms with E-state index in [1.807, 2.05) is 5.43 Å². The number of amides is 1. The van der Waals surface area contributed by atoms with Gasteiger partial charge in [0.05, 0.1) is 19.8 Å². The summed E-state index contributed by atoms with van der Waals surface area (Å²) in [5, 5.41) is 0. The molecule has 0 unspecified atom stereocenters. The van der Waals surface area contributed by atoms with E-state index in [9.17, 15) is 4.79 Å². The highest BCUT2D eigenvalue weighted by Crippen LogP contribution is 2.11. The largest absolute Gasteiger partial charge is 0.455 e. The predicted molar refractivity (Wildman–Crippen MR) is 56.5 cm³/mol. The molecule has 2 heterocycles. The van der Waals surface area contributed by atoms with Crippen LogP contribution in [-0.4, -0.2) is 37.1 Å². The number of ether oxygens (including phenoxy) is 1. The minimum absolute atomic E-state index is 0.241. The average molecular weight is 225 g/mol. The second-order valence-electron chi connectivity index (χ2n) is 3.63. The first-order chi connectivity index (χ1) is 7.79. The number of carbonyl (C=O) groups excluding carboxylic acids is 1. The van der Waals surface area contributed by atoms with Gasteiger partial charge in [-0.2, -0.15) is 0 Å². The molecule has 0 radical (unpaired) electrons. The quantitative estimate of drug-likeness (QED) is 0.420. The molecular formula is C10H15N3O3. The number of hydrazine groups is 1. The molecule has 1 aromatic rings. The van der Waals surface area contributed by atoms with Crippen molar-refractivity contribution in [3.05, 3.63) is 23.7 Å². The summed E-state index contributed by atoms with van der Waals surface area (Å²) in [6.07, 6.45) is 0. The molecule has 16 heavy (non-hydrogen) atoms. The second-order valence-corrected chi connectivity index (χ2v) is 3.63. The van der Waals surface area contributed by atoms with Gasteiger partial charge in [0.25, 0.3) is 0 Å². The Kier molecular flexibility index (Phi) is 3.55. The second kappa shape index (κ2) is 5.11. The van der Waals surface area contributed by atoms with Crippen LogP contribution in [0.2, 0.25) is 0 Å². The summed E-state index contributed by atoms with van der Waals surface area (Å²) in [5.41, 5.74) is 2.03. The van der Waals surface area contributed by atoms with Crippen molar-refractivity contribution in [3.63, 3.8) is 0 Å². The van der Waals surface area contributed by atoms with Gasteiger partial charge < -0.3 is 9.15 Å². The topological polar surface area (TPSA) is 80.7 Å². The summed E-state index contributed by atoms with van der Waals surface area (Å²) in [7, 11) is 0. The van der Waals surface area contributed by atoms with Crippen molar-refractivity contribution in [2.45, 2.75) is 6.54 Å². The Morgan fingerprint density at radius 1 is 1.44 bits per heavy atom. The molecule has 6 nitrogen and oxygen atoms in total. The summed E-state index contributed by atoms with van der Waals surface area (Å²) in [6, 6.07) is 3.41. The van der Waals surface area contributed by atoms with Crippen molar-refractivity contribution in [1.29, 1.82) is 0 Å². The van der Waals surface area contributed by atoms with Crippen LogP contribution in [0.25, 0.3) is 0 Å². The average Bonchev–Trinajstić information content (AvgIpc) is 2.78. The molecule has 0 aliphatic carbocycles. The van der Waals surface area contributed by atoms with Crippen LogP contribution in [0.15, 0.2) is 16.5 Å². The standard InChI is InChI=1S/C10H15N3O3/c11-12-10(14)9-2-1-8(16-9)7-13-3-5-15-6-4-13/h1-2H,3-7,11H2,(H,12,14). The molecule has 6 heteroatoms. The number of rotatable bonds is 3. The zero-order valence-electron chi connectivity index (χ0n) is 8.94. The van der Waals surface area contributed by atoms with Crippen molar-refractivity contribution >= 4 is 5.91 Å². The number of nitrogens with one attached hydrogen (secondary N) is 1. The van der Waals surface area contributed by atoms with E-state index in [0.29, 0.717) is 6.54 Å². The maximum Gasteiger partial charge on any atom is 0.300 e. The highest BCUT2D eigenvalue weighted by atomic mass is 16.5. The number of carbonyl (C=O) groups is 1. The van der Waals surface area contributed by atoms with Gasteiger partial charge in [-0.15, -0.1) is 0 Å². The van der Waals surface area contributed by atoms with E-state index in [2.05, 4.69) is 4.90 Å². The molecule has 0 bridgehead atoms. The van der Waals surface area contributed by atoms with Crippen molar-refractivity contribution in [1.82, 2.24) is 10.3 Å². The van der Waals surface area contributed by atoms with Gasteiger partial charge >= 0.3 is 5.91 Å². The van der Waals surface area contributed by atoms with Gasteiger partial charge in [-0.1, -0.05) is 0 Å². The summed E-state index contributed by atoms with van der Waals surface area (Å²) in [6.45, 7) is 3.97. The Morgan fingerprint density at radius 3 is 2.88 bits per heavy atom. The first-order valence-corrected chi connectivity index (χ1v) is 5.19. The maximum absolute atomic E-state index is 11.2. The molecule has 1 aliphatic heterocycles. The highest BCUT2D eigenvalue weighted by molar-refractivity contribution is 5.90. The fraction of sp³-hybridized carbons (Fsp3) is 0.500. The van der Waals surface area contributed by atoms with E-state index in [1.165, 1.54) is 0 Å². The van der Waals surface area contributed by atoms with Crippen LogP contribution in [0.4, 0.5) is 0 Å². The number of morpholine rings is 1. The molecule has 3 N–H and O–H groups in total. The molecular weight excluding hydrogens is 210 g/mol. The zero-order valence-corrected chi connectivity index (χ0v) is 8.94. The minimum Gasteiger partial charge on any atom is -0.455 e. The molecule has 0 spiro atoms. The van der Waals surface area contributed by atoms with Crippen LogP contribution in [0.1, 0.15) is 16.3 Å². The first-order valence-electron chi connectivity index (χ1n) is 5.19. The van der Waals surface area contributed by atoms with Crippen LogP contribution in [0.3, 0.4) is 0 Å². The van der Waals surface area contributed by atoms with Gasteiger partial charge in [-0.05, 0) is 12.1 Å². The van der Waals surface area contributed by atoms with E-state index in [0.717, 1.165) is 32.1 Å². The molecule has 88 valence electrons. The zero-order chi connectivity index (χ0) is 11.4. The SMILES string of the molecule is NNC(=O)c1ccc(CN2CCOCC2)o1. The number of furan rings is 1. The third kappa shape index (κ3) is 2.60. The fourth-order valence-corrected chi connectivity index (χ4v) is 1.64. The molecule has 2 rings (SSSR count). The lowest BCUT2D eigenvalue weighted by molar-refractivity contribution is 0.0311. The molecule has 1 aromatic heterocycles. The third-order valence-corrected chi connectivity index (χ3v) is 2.50. The smallest absolute Gasteiger partial charge is 0.300 e. The highest BCUT2D eigenvalue weighted by Gasteiger charge is 2.14. The molecule has 1 amide bonds. The Hall–Kier alpha value is -1.37. The van der Waals surface area contributed by atoms with Gasteiger partial charge in [0.15, 0.2) is 5.76 Å². The van der Waals surface area contributed by atoms with Crippen LogP contribution in [-0.2, 0) is 11.3 Å². The lowest BCUT2D eigenvalue weighted by Gasteiger charge is -2.25. The first kappa shape index (κ1) is 11.1. The molecule has 0 atom stereocenters. The normalized spacial score (nSPS) is 17.3. The molecule has 1 saturated heterocycles. The van der Waals surface area contributed by atoms with E-state index in [-0.39, 0.29) is 5.76 Å². The van der Waals surface area contributed by atoms with Crippen molar-refractivity contribution in [3.8, 4) is 0 Å². The predicted octanol–water partition coefficient (Wildman–Crippen LogP) is -0.285. The van der Waals surface area contributed by atoms with Crippen LogP contribution >= 0.6 is 0 Å². The number of nitrogens with two attached hydrogens (primary N) is 1. The lowest BCUT2D eigenvalue weighted by Crippen LogP contribution is -2.35. The maximum atomic E-state index is 11.2. The Balaban J connectivity index is 1.94. The van der Waals surface area contributed by atoms with Crippen LogP contribution < -0.4 is 11.3 Å². The monoisotopic (exact) mass is 225 g/mol. The third-order valence-electron chi connectivity index (χ3n) is 2.50. The van der Waals surface area contributed by atoms with Gasteiger partial charge in [0, 0.05) is 13.1 Å². The van der Waals surface area contributed by atoms with E-state index >= 15 is 0 Å². The number of hydrogen-bond acceptors (Lipinski definition) is 5. The van der Waals surface area contributed by atoms with Gasteiger partial charge in [-0.3, -0.25) is 15.1 Å².